The van der Waals surface area contributed by atoms with Crippen molar-refractivity contribution in [3.05, 3.63) is 51.2 Å². The molecule has 1 saturated heterocycles. The number of methoxy groups -OCH3 is 2. The molecule has 0 bridgehead atoms. The molecular weight excluding hydrogens is 312 g/mol. The zero-order chi connectivity index (χ0) is 16.2. The van der Waals surface area contributed by atoms with E-state index in [0.717, 1.165) is 6.20 Å². The Morgan fingerprint density at radius 1 is 1.59 bits per heavy atom. The quantitative estimate of drug-likeness (QED) is 0.493. The Labute approximate surface area is 132 Å². The van der Waals surface area contributed by atoms with Crippen LogP contribution < -0.4 is 5.32 Å². The van der Waals surface area contributed by atoms with Crippen LogP contribution in [0, 0.1) is 10.1 Å². The first-order valence-corrected chi connectivity index (χ1v) is 6.91. The predicted molar refractivity (Wildman–Crippen MR) is 79.5 cm³/mol. The molecule has 1 aliphatic rings. The highest BCUT2D eigenvalue weighted by Gasteiger charge is 2.38. The highest BCUT2D eigenvalue weighted by molar-refractivity contribution is 6.31. The summed E-state index contributed by atoms with van der Waals surface area (Å²) in [4.78, 5) is 16.2. The number of hydrogen-bond acceptors (Lipinski definition) is 7. The van der Waals surface area contributed by atoms with Gasteiger partial charge in [-0.05, 0) is 12.1 Å². The SMILES string of the molecule is COC1(OC)CN/C(=C\[N+](=O)[O-])N(Cc2ncccc2Cl)C1. The van der Waals surface area contributed by atoms with Gasteiger partial charge < -0.3 is 19.7 Å². The molecule has 0 radical (unpaired) electrons. The number of nitro groups is 1. The predicted octanol–water partition coefficient (Wildman–Crippen LogP) is 1.20. The summed E-state index contributed by atoms with van der Waals surface area (Å²) in [5.74, 6) is -0.536. The van der Waals surface area contributed by atoms with Crippen LogP contribution in [-0.2, 0) is 16.0 Å². The third kappa shape index (κ3) is 3.65. The van der Waals surface area contributed by atoms with Crippen LogP contribution in [0.5, 0.6) is 0 Å². The van der Waals surface area contributed by atoms with Gasteiger partial charge in [0.15, 0.2) is 5.82 Å². The van der Waals surface area contributed by atoms with Crippen LogP contribution in [0.15, 0.2) is 30.4 Å². The number of aromatic nitrogens is 1. The second-order valence-corrected chi connectivity index (χ2v) is 5.17. The fourth-order valence-corrected chi connectivity index (χ4v) is 2.39. The van der Waals surface area contributed by atoms with Gasteiger partial charge in [0.1, 0.15) is 0 Å². The Balaban J connectivity index is 2.28. The van der Waals surface area contributed by atoms with Crippen molar-refractivity contribution in [1.82, 2.24) is 15.2 Å². The van der Waals surface area contributed by atoms with E-state index in [9.17, 15) is 10.1 Å². The van der Waals surface area contributed by atoms with E-state index in [0.29, 0.717) is 36.2 Å². The van der Waals surface area contributed by atoms with E-state index in [1.807, 2.05) is 0 Å². The molecule has 0 aromatic carbocycles. The maximum Gasteiger partial charge on any atom is 0.274 e. The summed E-state index contributed by atoms with van der Waals surface area (Å²) in [6.07, 6.45) is 2.53. The minimum atomic E-state index is -0.894. The largest absolute Gasteiger partial charge is 0.361 e. The molecule has 0 atom stereocenters. The van der Waals surface area contributed by atoms with Crippen LogP contribution in [0.4, 0.5) is 0 Å². The monoisotopic (exact) mass is 328 g/mol. The third-order valence-electron chi connectivity index (χ3n) is 3.46. The fourth-order valence-electron chi connectivity index (χ4n) is 2.21. The number of ether oxygens (including phenoxy) is 2. The molecule has 0 unspecified atom stereocenters. The number of hydrogen-bond donors (Lipinski definition) is 1. The van der Waals surface area contributed by atoms with Crippen LogP contribution in [0.25, 0.3) is 0 Å². The first-order chi connectivity index (χ1) is 10.5. The highest BCUT2D eigenvalue weighted by Crippen LogP contribution is 2.24. The van der Waals surface area contributed by atoms with E-state index < -0.39 is 10.7 Å². The Morgan fingerprint density at radius 3 is 2.91 bits per heavy atom. The van der Waals surface area contributed by atoms with Gasteiger partial charge in [0.25, 0.3) is 6.20 Å². The summed E-state index contributed by atoms with van der Waals surface area (Å²) in [7, 11) is 3.05. The first kappa shape index (κ1) is 16.5. The van der Waals surface area contributed by atoms with Gasteiger partial charge >= 0.3 is 0 Å². The summed E-state index contributed by atoms with van der Waals surface area (Å²) in [5, 5.41) is 14.2. The summed E-state index contributed by atoms with van der Waals surface area (Å²) < 4.78 is 10.8. The Morgan fingerprint density at radius 2 is 2.32 bits per heavy atom. The Kier molecular flexibility index (Phi) is 5.17. The molecule has 0 aliphatic carbocycles. The molecule has 1 N–H and O–H groups in total. The zero-order valence-corrected chi connectivity index (χ0v) is 13.0. The number of rotatable bonds is 5. The Bertz CT molecular complexity index is 577. The van der Waals surface area contributed by atoms with Crippen molar-refractivity contribution in [3.8, 4) is 0 Å². The number of nitrogens with zero attached hydrogens (tertiary/aromatic N) is 3. The zero-order valence-electron chi connectivity index (χ0n) is 12.3. The van der Waals surface area contributed by atoms with Gasteiger partial charge in [-0.15, -0.1) is 0 Å². The smallest absolute Gasteiger partial charge is 0.274 e. The molecule has 9 heteroatoms. The average molecular weight is 329 g/mol. The molecule has 22 heavy (non-hydrogen) atoms. The average Bonchev–Trinajstić information content (AvgIpc) is 2.51. The summed E-state index contributed by atoms with van der Waals surface area (Å²) in [6.45, 7) is 0.895. The maximum atomic E-state index is 10.8. The van der Waals surface area contributed by atoms with Gasteiger partial charge in [0.05, 0.1) is 35.3 Å². The van der Waals surface area contributed by atoms with Crippen molar-refractivity contribution in [3.63, 3.8) is 0 Å². The molecule has 1 aromatic rings. The fraction of sp³-hybridized carbons (Fsp3) is 0.462. The van der Waals surface area contributed by atoms with Crippen molar-refractivity contribution in [2.24, 2.45) is 0 Å². The van der Waals surface area contributed by atoms with E-state index in [1.54, 1.807) is 23.2 Å². The molecule has 0 amide bonds. The van der Waals surface area contributed by atoms with Crippen molar-refractivity contribution in [2.75, 3.05) is 27.3 Å². The van der Waals surface area contributed by atoms with E-state index in [-0.39, 0.29) is 0 Å². The van der Waals surface area contributed by atoms with E-state index in [2.05, 4.69) is 10.3 Å². The van der Waals surface area contributed by atoms with Crippen LogP contribution in [-0.4, -0.2) is 47.9 Å². The van der Waals surface area contributed by atoms with E-state index in [1.165, 1.54) is 14.2 Å². The third-order valence-corrected chi connectivity index (χ3v) is 3.80. The number of nitrogens with one attached hydrogen (secondary N) is 1. The lowest BCUT2D eigenvalue weighted by molar-refractivity contribution is -0.405. The van der Waals surface area contributed by atoms with Gasteiger partial charge in [-0.25, -0.2) is 0 Å². The van der Waals surface area contributed by atoms with Crippen molar-refractivity contribution in [1.29, 1.82) is 0 Å². The normalized spacial score (nSPS) is 19.0. The molecule has 8 nitrogen and oxygen atoms in total. The molecule has 0 spiro atoms. The van der Waals surface area contributed by atoms with Crippen molar-refractivity contribution < 1.29 is 14.4 Å². The van der Waals surface area contributed by atoms with Crippen molar-refractivity contribution in [2.45, 2.75) is 12.3 Å². The molecule has 1 aromatic heterocycles. The second-order valence-electron chi connectivity index (χ2n) is 4.76. The molecule has 1 fully saturated rings. The lowest BCUT2D eigenvalue weighted by atomic mass is 10.2. The lowest BCUT2D eigenvalue weighted by Gasteiger charge is -2.42. The molecule has 0 saturated carbocycles. The Hall–Kier alpha value is -1.90. The van der Waals surface area contributed by atoms with Crippen LogP contribution in [0.2, 0.25) is 5.02 Å². The van der Waals surface area contributed by atoms with Gasteiger partial charge in [-0.2, -0.15) is 0 Å². The summed E-state index contributed by atoms with van der Waals surface area (Å²) >= 11 is 6.11. The number of pyridine rings is 1. The van der Waals surface area contributed by atoms with Gasteiger partial charge in [0, 0.05) is 20.4 Å². The lowest BCUT2D eigenvalue weighted by Crippen LogP contribution is -2.58. The minimum Gasteiger partial charge on any atom is -0.361 e. The molecule has 2 heterocycles. The molecular formula is C13H17ClN4O4. The minimum absolute atomic E-state index is 0.292. The number of halogens is 1. The van der Waals surface area contributed by atoms with Crippen LogP contribution in [0.1, 0.15) is 5.69 Å². The van der Waals surface area contributed by atoms with Gasteiger partial charge in [0.2, 0.25) is 5.79 Å². The van der Waals surface area contributed by atoms with Crippen molar-refractivity contribution >= 4 is 11.6 Å². The van der Waals surface area contributed by atoms with E-state index in [4.69, 9.17) is 21.1 Å². The summed E-state index contributed by atoms with van der Waals surface area (Å²) in [6, 6.07) is 3.45. The molecule has 1 aliphatic heterocycles. The maximum absolute atomic E-state index is 10.8. The molecule has 120 valence electrons. The van der Waals surface area contributed by atoms with Crippen LogP contribution in [0.3, 0.4) is 0 Å². The van der Waals surface area contributed by atoms with Gasteiger partial charge in [-0.1, -0.05) is 11.6 Å². The summed E-state index contributed by atoms with van der Waals surface area (Å²) in [5.41, 5.74) is 0.614. The molecule has 2 rings (SSSR count). The van der Waals surface area contributed by atoms with Gasteiger partial charge in [-0.3, -0.25) is 15.1 Å². The topological polar surface area (TPSA) is 89.8 Å². The first-order valence-electron chi connectivity index (χ1n) is 6.53. The highest BCUT2D eigenvalue weighted by atomic mass is 35.5. The van der Waals surface area contributed by atoms with E-state index >= 15 is 0 Å². The standard InChI is InChI=1S/C13H17ClN4O4/c1-21-13(22-2)8-16-12(7-18(19)20)17(9-13)6-11-10(14)4-3-5-15-11/h3-5,7,16H,6,8-9H2,1-2H3/b12-7+. The van der Waals surface area contributed by atoms with Crippen LogP contribution >= 0.6 is 11.6 Å². The second kappa shape index (κ2) is 6.91.